The van der Waals surface area contributed by atoms with Gasteiger partial charge in [0.15, 0.2) is 5.89 Å². The normalized spacial score (nSPS) is 10.9. The molecule has 0 fully saturated rings. The topological polar surface area (TPSA) is 43.9 Å². The Balaban J connectivity index is 0.00000218. The molecule has 0 aliphatic rings. The minimum Gasteiger partial charge on any atom is -0.461 e. The first-order valence-corrected chi connectivity index (χ1v) is 9.60. The van der Waals surface area contributed by atoms with Gasteiger partial charge in [-0.3, -0.25) is 9.97 Å². The number of imidazole rings is 1. The monoisotopic (exact) mass is 571 g/mol. The first-order chi connectivity index (χ1) is 14.1. The Morgan fingerprint density at radius 2 is 1.67 bits per heavy atom. The van der Waals surface area contributed by atoms with Crippen LogP contribution in [0.5, 0.6) is 0 Å². The van der Waals surface area contributed by atoms with Crippen molar-refractivity contribution in [1.29, 1.82) is 0 Å². The van der Waals surface area contributed by atoms with Gasteiger partial charge in [-0.25, -0.2) is 0 Å². The second-order valence-corrected chi connectivity index (χ2v) is 7.24. The summed E-state index contributed by atoms with van der Waals surface area (Å²) in [4.78, 5) is 9.19. The second kappa shape index (κ2) is 8.02. The molecule has 151 valence electrons. The standard InChI is InChI=1S/C25H20N3O.Ir/c1-16-14-20(19-8-5-4-6-9-19)15-17(2)24(16)28-13-12-26-25(28)21-10-7-11-22-23(21)27-18(3)29-22;/h4-9,11-15H,1-3H3;/q-1;. The molecule has 4 nitrogen and oxygen atoms in total. The Morgan fingerprint density at radius 3 is 2.40 bits per heavy atom. The first-order valence-electron chi connectivity index (χ1n) is 9.60. The van der Waals surface area contributed by atoms with Crippen molar-refractivity contribution in [2.24, 2.45) is 0 Å². The van der Waals surface area contributed by atoms with E-state index in [-0.39, 0.29) is 20.1 Å². The predicted molar refractivity (Wildman–Crippen MR) is 115 cm³/mol. The van der Waals surface area contributed by atoms with Crippen molar-refractivity contribution in [3.63, 3.8) is 0 Å². The van der Waals surface area contributed by atoms with E-state index in [2.05, 4.69) is 70.8 Å². The maximum atomic E-state index is 5.70. The van der Waals surface area contributed by atoms with E-state index in [0.29, 0.717) is 5.89 Å². The molecule has 5 aromatic rings. The SMILES string of the molecule is Cc1nc2c(-c3nccn3-c3c(C)cc(-c4ccccc4)cc3C)[c-]ccc2o1.[Ir]. The summed E-state index contributed by atoms with van der Waals surface area (Å²) in [6.45, 7) is 6.14. The van der Waals surface area contributed by atoms with E-state index in [9.17, 15) is 0 Å². The van der Waals surface area contributed by atoms with E-state index in [1.165, 1.54) is 22.3 Å². The molecule has 5 rings (SSSR count). The average Bonchev–Trinajstić information content (AvgIpc) is 3.33. The molecule has 0 unspecified atom stereocenters. The Bertz CT molecular complexity index is 1310. The van der Waals surface area contributed by atoms with Crippen LogP contribution in [0.4, 0.5) is 0 Å². The third kappa shape index (κ3) is 3.40. The molecule has 2 heterocycles. The largest absolute Gasteiger partial charge is 0.461 e. The van der Waals surface area contributed by atoms with Gasteiger partial charge in [0.2, 0.25) is 0 Å². The summed E-state index contributed by atoms with van der Waals surface area (Å²) in [6.07, 6.45) is 3.81. The molecule has 0 atom stereocenters. The molecule has 5 heteroatoms. The number of hydrogen-bond donors (Lipinski definition) is 0. The maximum absolute atomic E-state index is 5.70. The van der Waals surface area contributed by atoms with Crippen LogP contribution in [0, 0.1) is 26.8 Å². The summed E-state index contributed by atoms with van der Waals surface area (Å²) in [5, 5.41) is 0. The molecule has 2 aromatic heterocycles. The van der Waals surface area contributed by atoms with Crippen LogP contribution >= 0.6 is 0 Å². The van der Waals surface area contributed by atoms with E-state index in [1.807, 2.05) is 37.5 Å². The van der Waals surface area contributed by atoms with Gasteiger partial charge < -0.3 is 8.98 Å². The maximum Gasteiger partial charge on any atom is 0.180 e. The van der Waals surface area contributed by atoms with Gasteiger partial charge in [-0.2, -0.15) is 0 Å². The Kier molecular flexibility index (Phi) is 5.42. The van der Waals surface area contributed by atoms with Gasteiger partial charge >= 0.3 is 0 Å². The minimum absolute atomic E-state index is 0. The number of aromatic nitrogens is 3. The summed E-state index contributed by atoms with van der Waals surface area (Å²) in [5.41, 5.74) is 8.31. The average molecular weight is 571 g/mol. The third-order valence-corrected chi connectivity index (χ3v) is 5.16. The fourth-order valence-electron chi connectivity index (χ4n) is 3.98. The van der Waals surface area contributed by atoms with Crippen molar-refractivity contribution in [2.45, 2.75) is 20.8 Å². The molecular formula is C25H20IrN3O-. The van der Waals surface area contributed by atoms with Crippen LogP contribution in [-0.2, 0) is 20.1 Å². The molecule has 0 aliphatic carbocycles. The summed E-state index contributed by atoms with van der Waals surface area (Å²) in [6, 6.07) is 22.0. The number of hydrogen-bond acceptors (Lipinski definition) is 3. The van der Waals surface area contributed by atoms with Gasteiger partial charge in [0.05, 0.1) is 11.4 Å². The molecule has 0 bridgehead atoms. The van der Waals surface area contributed by atoms with Crippen molar-refractivity contribution in [3.8, 4) is 28.2 Å². The quantitative estimate of drug-likeness (QED) is 0.248. The zero-order chi connectivity index (χ0) is 20.0. The van der Waals surface area contributed by atoms with Crippen molar-refractivity contribution in [2.75, 3.05) is 0 Å². The van der Waals surface area contributed by atoms with Crippen LogP contribution in [0.2, 0.25) is 0 Å². The van der Waals surface area contributed by atoms with Crippen LogP contribution in [-0.4, -0.2) is 14.5 Å². The first kappa shape index (κ1) is 20.3. The second-order valence-electron chi connectivity index (χ2n) is 7.24. The van der Waals surface area contributed by atoms with E-state index in [1.54, 1.807) is 0 Å². The van der Waals surface area contributed by atoms with Gasteiger partial charge in [0.1, 0.15) is 0 Å². The molecular weight excluding hydrogens is 551 g/mol. The molecule has 1 radical (unpaired) electrons. The van der Waals surface area contributed by atoms with Crippen LogP contribution < -0.4 is 0 Å². The van der Waals surface area contributed by atoms with Gasteiger partial charge in [0, 0.05) is 50.6 Å². The third-order valence-electron chi connectivity index (χ3n) is 5.16. The van der Waals surface area contributed by atoms with E-state index in [0.717, 1.165) is 28.2 Å². The van der Waals surface area contributed by atoms with Crippen LogP contribution in [0.15, 0.2) is 71.4 Å². The molecule has 30 heavy (non-hydrogen) atoms. The predicted octanol–water partition coefficient (Wildman–Crippen LogP) is 6.07. The fourth-order valence-corrected chi connectivity index (χ4v) is 3.98. The summed E-state index contributed by atoms with van der Waals surface area (Å²) in [5.74, 6) is 1.45. The zero-order valence-electron chi connectivity index (χ0n) is 16.9. The van der Waals surface area contributed by atoms with Crippen molar-refractivity contribution in [3.05, 3.63) is 90.1 Å². The fraction of sp³-hybridized carbons (Fsp3) is 0.120. The van der Waals surface area contributed by atoms with E-state index in [4.69, 9.17) is 4.42 Å². The minimum atomic E-state index is 0. The van der Waals surface area contributed by atoms with Gasteiger partial charge in [0.25, 0.3) is 0 Å². The Hall–Kier alpha value is -3.01. The number of rotatable bonds is 3. The smallest absolute Gasteiger partial charge is 0.180 e. The molecule has 0 N–H and O–H groups in total. The van der Waals surface area contributed by atoms with Crippen molar-refractivity contribution >= 4 is 11.1 Å². The number of benzene rings is 3. The van der Waals surface area contributed by atoms with Gasteiger partial charge in [-0.15, -0.1) is 12.1 Å². The summed E-state index contributed by atoms with van der Waals surface area (Å²) in [7, 11) is 0. The molecule has 0 saturated heterocycles. The van der Waals surface area contributed by atoms with Gasteiger partial charge in [-0.1, -0.05) is 42.0 Å². The number of fused-ring (bicyclic) bond motifs is 1. The van der Waals surface area contributed by atoms with Crippen LogP contribution in [0.25, 0.3) is 39.3 Å². The molecule has 0 spiro atoms. The van der Waals surface area contributed by atoms with E-state index >= 15 is 0 Å². The number of aryl methyl sites for hydroxylation is 3. The molecule has 0 aliphatic heterocycles. The van der Waals surface area contributed by atoms with Crippen LogP contribution in [0.1, 0.15) is 17.0 Å². The van der Waals surface area contributed by atoms with Crippen molar-refractivity contribution in [1.82, 2.24) is 14.5 Å². The van der Waals surface area contributed by atoms with E-state index < -0.39 is 0 Å². The molecule has 3 aromatic carbocycles. The molecule has 0 amide bonds. The van der Waals surface area contributed by atoms with Gasteiger partial charge in [-0.05, 0) is 48.2 Å². The number of nitrogens with zero attached hydrogens (tertiary/aromatic N) is 3. The summed E-state index contributed by atoms with van der Waals surface area (Å²) >= 11 is 0. The zero-order valence-corrected chi connectivity index (χ0v) is 19.3. The van der Waals surface area contributed by atoms with Crippen LogP contribution in [0.3, 0.4) is 0 Å². The Labute approximate surface area is 189 Å². The summed E-state index contributed by atoms with van der Waals surface area (Å²) < 4.78 is 7.82. The Morgan fingerprint density at radius 1 is 0.933 bits per heavy atom. The molecule has 0 saturated carbocycles. The number of oxazole rings is 1. The van der Waals surface area contributed by atoms with Crippen molar-refractivity contribution < 1.29 is 24.5 Å².